The van der Waals surface area contributed by atoms with Crippen molar-refractivity contribution in [3.8, 4) is 0 Å². The first-order chi connectivity index (χ1) is 14.1. The van der Waals surface area contributed by atoms with Gasteiger partial charge in [-0.1, -0.05) is 30.3 Å². The summed E-state index contributed by atoms with van der Waals surface area (Å²) in [5.41, 5.74) is 2.63. The van der Waals surface area contributed by atoms with Crippen molar-refractivity contribution in [1.82, 2.24) is 21.3 Å². The fourth-order valence-corrected chi connectivity index (χ4v) is 5.14. The number of carbonyl (C=O) groups excluding carboxylic acids is 2. The molecule has 0 bridgehead atoms. The molecule has 2 aromatic rings. The van der Waals surface area contributed by atoms with Crippen LogP contribution in [0.15, 0.2) is 36.4 Å². The molecule has 4 rings (SSSR count). The van der Waals surface area contributed by atoms with Gasteiger partial charge in [0.05, 0.1) is 12.6 Å². The highest BCUT2D eigenvalue weighted by Crippen LogP contribution is 2.26. The SMILES string of the molecule is CC(NC(=O)[C@H]1C[C@H](Cc2ccccc2)CN1)C(=O)NCc1cc2c(s1)CNC2. The van der Waals surface area contributed by atoms with Crippen molar-refractivity contribution < 1.29 is 9.59 Å². The maximum atomic E-state index is 12.6. The van der Waals surface area contributed by atoms with Gasteiger partial charge in [-0.25, -0.2) is 0 Å². The molecule has 6 nitrogen and oxygen atoms in total. The molecule has 1 aromatic heterocycles. The molecule has 0 spiro atoms. The summed E-state index contributed by atoms with van der Waals surface area (Å²) in [7, 11) is 0. The van der Waals surface area contributed by atoms with Crippen molar-refractivity contribution in [3.63, 3.8) is 0 Å². The van der Waals surface area contributed by atoms with Crippen LogP contribution < -0.4 is 21.3 Å². The Morgan fingerprint density at radius 2 is 2.07 bits per heavy atom. The molecule has 29 heavy (non-hydrogen) atoms. The van der Waals surface area contributed by atoms with Crippen molar-refractivity contribution in [2.45, 2.75) is 51.5 Å². The molecular weight excluding hydrogens is 384 g/mol. The first-order valence-electron chi connectivity index (χ1n) is 10.2. The van der Waals surface area contributed by atoms with Gasteiger partial charge in [0.2, 0.25) is 11.8 Å². The van der Waals surface area contributed by atoms with Crippen LogP contribution in [0.2, 0.25) is 0 Å². The summed E-state index contributed by atoms with van der Waals surface area (Å²) in [6, 6.07) is 11.7. The maximum absolute atomic E-state index is 12.6. The third-order valence-electron chi connectivity index (χ3n) is 5.64. The van der Waals surface area contributed by atoms with E-state index in [1.165, 1.54) is 16.0 Å². The lowest BCUT2D eigenvalue weighted by Gasteiger charge is -2.17. The predicted octanol–water partition coefficient (Wildman–Crippen LogP) is 1.69. The maximum Gasteiger partial charge on any atom is 0.242 e. The fraction of sp³-hybridized carbons (Fsp3) is 0.455. The zero-order valence-corrected chi connectivity index (χ0v) is 17.5. The first-order valence-corrected chi connectivity index (χ1v) is 11.1. The Labute approximate surface area is 175 Å². The van der Waals surface area contributed by atoms with Crippen LogP contribution >= 0.6 is 11.3 Å². The Kier molecular flexibility index (Phi) is 6.28. The molecule has 2 aliphatic heterocycles. The Morgan fingerprint density at radius 3 is 2.86 bits per heavy atom. The van der Waals surface area contributed by atoms with E-state index in [1.54, 1.807) is 18.3 Å². The van der Waals surface area contributed by atoms with Crippen molar-refractivity contribution >= 4 is 23.2 Å². The summed E-state index contributed by atoms with van der Waals surface area (Å²) in [5, 5.41) is 12.4. The topological polar surface area (TPSA) is 82.3 Å². The lowest BCUT2D eigenvalue weighted by Crippen LogP contribution is -2.49. The average Bonchev–Trinajstić information content (AvgIpc) is 3.43. The van der Waals surface area contributed by atoms with Gasteiger partial charge in [-0.2, -0.15) is 0 Å². The van der Waals surface area contributed by atoms with Crippen LogP contribution in [0.4, 0.5) is 0 Å². The Morgan fingerprint density at radius 1 is 1.24 bits per heavy atom. The van der Waals surface area contributed by atoms with Crippen molar-refractivity contribution in [3.05, 3.63) is 57.3 Å². The zero-order chi connectivity index (χ0) is 20.2. The van der Waals surface area contributed by atoms with E-state index in [0.29, 0.717) is 12.5 Å². The molecule has 154 valence electrons. The minimum absolute atomic E-state index is 0.0932. The highest BCUT2D eigenvalue weighted by atomic mass is 32.1. The highest BCUT2D eigenvalue weighted by Gasteiger charge is 2.30. The van der Waals surface area contributed by atoms with Gasteiger partial charge in [-0.05, 0) is 49.4 Å². The summed E-state index contributed by atoms with van der Waals surface area (Å²) < 4.78 is 0. The van der Waals surface area contributed by atoms with E-state index in [-0.39, 0.29) is 17.9 Å². The van der Waals surface area contributed by atoms with Gasteiger partial charge in [0, 0.05) is 22.8 Å². The minimum atomic E-state index is -0.550. The van der Waals surface area contributed by atoms with Crippen molar-refractivity contribution in [2.75, 3.05) is 6.54 Å². The number of carbonyl (C=O) groups is 2. The van der Waals surface area contributed by atoms with Gasteiger partial charge in [-0.15, -0.1) is 11.3 Å². The van der Waals surface area contributed by atoms with E-state index in [9.17, 15) is 9.59 Å². The Hall–Kier alpha value is -2.22. The number of nitrogens with one attached hydrogen (secondary N) is 4. The third-order valence-corrected chi connectivity index (χ3v) is 6.82. The molecule has 0 aliphatic carbocycles. The number of fused-ring (bicyclic) bond motifs is 1. The molecule has 0 saturated carbocycles. The number of benzene rings is 1. The van der Waals surface area contributed by atoms with Crippen LogP contribution in [0.25, 0.3) is 0 Å². The summed E-state index contributed by atoms with van der Waals surface area (Å²) in [6.45, 7) is 4.90. The van der Waals surface area contributed by atoms with Crippen LogP contribution in [-0.2, 0) is 35.6 Å². The third kappa shape index (κ3) is 5.04. The van der Waals surface area contributed by atoms with E-state index in [2.05, 4.69) is 39.5 Å². The number of hydrogen-bond acceptors (Lipinski definition) is 5. The molecule has 0 radical (unpaired) electrons. The molecule has 3 atom stereocenters. The van der Waals surface area contributed by atoms with E-state index >= 15 is 0 Å². The number of amides is 2. The van der Waals surface area contributed by atoms with Crippen molar-refractivity contribution in [1.29, 1.82) is 0 Å². The molecule has 3 heterocycles. The molecule has 2 amide bonds. The lowest BCUT2D eigenvalue weighted by molar-refractivity contribution is -0.129. The second kappa shape index (κ2) is 9.07. The molecule has 1 fully saturated rings. The van der Waals surface area contributed by atoms with E-state index in [1.807, 2.05) is 18.2 Å². The zero-order valence-electron chi connectivity index (χ0n) is 16.7. The molecule has 1 aromatic carbocycles. The van der Waals surface area contributed by atoms with Crippen LogP contribution in [0.5, 0.6) is 0 Å². The fourth-order valence-electron chi connectivity index (χ4n) is 4.04. The van der Waals surface area contributed by atoms with Gasteiger partial charge in [-0.3, -0.25) is 9.59 Å². The van der Waals surface area contributed by atoms with Crippen molar-refractivity contribution in [2.24, 2.45) is 5.92 Å². The summed E-state index contributed by atoms with van der Waals surface area (Å²) in [4.78, 5) is 27.5. The molecule has 4 N–H and O–H groups in total. The van der Waals surface area contributed by atoms with Crippen LogP contribution in [0.3, 0.4) is 0 Å². The minimum Gasteiger partial charge on any atom is -0.349 e. The van der Waals surface area contributed by atoms with Gasteiger partial charge in [0.25, 0.3) is 0 Å². The summed E-state index contributed by atoms with van der Waals surface area (Å²) >= 11 is 1.74. The standard InChI is InChI=1S/C22H28N4O2S/c1-14(21(27)25-12-18-9-17-11-23-13-20(17)29-18)26-22(28)19-8-16(10-24-19)7-15-5-3-2-4-6-15/h2-6,9,14,16,19,23-24H,7-8,10-13H2,1H3,(H,25,27)(H,26,28)/t14?,16-,19+/m0/s1. The van der Waals surface area contributed by atoms with Crippen LogP contribution in [0, 0.1) is 5.92 Å². The lowest BCUT2D eigenvalue weighted by atomic mass is 9.96. The van der Waals surface area contributed by atoms with Crippen LogP contribution in [0.1, 0.15) is 34.2 Å². The van der Waals surface area contributed by atoms with E-state index in [4.69, 9.17) is 0 Å². The van der Waals surface area contributed by atoms with Gasteiger partial charge in [0.15, 0.2) is 0 Å². The normalized spacial score (nSPS) is 21.6. The largest absolute Gasteiger partial charge is 0.349 e. The quantitative estimate of drug-likeness (QED) is 0.558. The van der Waals surface area contributed by atoms with E-state index in [0.717, 1.165) is 37.4 Å². The second-order valence-corrected chi connectivity index (χ2v) is 9.19. The van der Waals surface area contributed by atoms with Gasteiger partial charge < -0.3 is 21.3 Å². The second-order valence-electron chi connectivity index (χ2n) is 7.97. The molecular formula is C22H28N4O2S. The average molecular weight is 413 g/mol. The number of hydrogen-bond donors (Lipinski definition) is 4. The first kappa shape index (κ1) is 20.1. The Bertz CT molecular complexity index is 845. The monoisotopic (exact) mass is 412 g/mol. The highest BCUT2D eigenvalue weighted by molar-refractivity contribution is 7.12. The van der Waals surface area contributed by atoms with Gasteiger partial charge >= 0.3 is 0 Å². The molecule has 1 unspecified atom stereocenters. The molecule has 1 saturated heterocycles. The predicted molar refractivity (Wildman–Crippen MR) is 114 cm³/mol. The van der Waals surface area contributed by atoms with E-state index < -0.39 is 6.04 Å². The Balaban J connectivity index is 1.21. The smallest absolute Gasteiger partial charge is 0.242 e. The van der Waals surface area contributed by atoms with Crippen LogP contribution in [-0.4, -0.2) is 30.4 Å². The molecule has 7 heteroatoms. The van der Waals surface area contributed by atoms with Gasteiger partial charge in [0.1, 0.15) is 6.04 Å². The summed E-state index contributed by atoms with van der Waals surface area (Å²) in [6.07, 6.45) is 1.76. The molecule has 2 aliphatic rings. The number of thiophene rings is 1. The number of rotatable bonds is 7. The summed E-state index contributed by atoms with van der Waals surface area (Å²) in [5.74, 6) is 0.195.